The van der Waals surface area contributed by atoms with E-state index in [1.807, 2.05) is 6.92 Å². The van der Waals surface area contributed by atoms with E-state index in [0.717, 1.165) is 0 Å². The van der Waals surface area contributed by atoms with Crippen LogP contribution in [0.15, 0.2) is 6.33 Å². The van der Waals surface area contributed by atoms with Crippen LogP contribution in [0.3, 0.4) is 0 Å². The van der Waals surface area contributed by atoms with Gasteiger partial charge in [0.15, 0.2) is 11.5 Å². The molecule has 2 aromatic heterocycles. The Morgan fingerprint density at radius 2 is 1.84 bits per heavy atom. The van der Waals surface area contributed by atoms with Gasteiger partial charge in [0.2, 0.25) is 5.95 Å². The fourth-order valence-corrected chi connectivity index (χ4v) is 6.04. The van der Waals surface area contributed by atoms with Gasteiger partial charge >= 0.3 is 23.5 Å². The average molecular weight is 504 g/mol. The smallest absolute Gasteiger partial charge is 0.382 e. The summed E-state index contributed by atoms with van der Waals surface area (Å²) in [5, 5.41) is 0. The fraction of sp³-hybridized carbons (Fsp3) is 0.545. The number of aromatic nitrogens is 4. The molecule has 0 aliphatic carbocycles. The van der Waals surface area contributed by atoms with Crippen molar-refractivity contribution in [3.63, 3.8) is 0 Å². The van der Waals surface area contributed by atoms with E-state index in [9.17, 15) is 18.6 Å². The Labute approximate surface area is 173 Å². The van der Waals surface area contributed by atoms with Crippen molar-refractivity contribution in [2.75, 3.05) is 18.1 Å². The van der Waals surface area contributed by atoms with E-state index < -0.39 is 42.4 Å². The number of fused-ring (bicyclic) bond motifs is 1. The van der Waals surface area contributed by atoms with Gasteiger partial charge in [-0.25, -0.2) is 18.7 Å². The SMILES string of the molecule is C[C@H]1C[C@@H](COP(=O)(O)OP(=O)(O)OP(=O)(O)O)O[C@H]1n1cnc2c(N)nc(N)nc21. The number of imidazole rings is 1. The van der Waals surface area contributed by atoms with Gasteiger partial charge in [-0.1, -0.05) is 6.92 Å². The second kappa shape index (κ2) is 8.46. The van der Waals surface area contributed by atoms with Crippen LogP contribution in [0.5, 0.6) is 0 Å². The largest absolute Gasteiger partial charge is 0.490 e. The van der Waals surface area contributed by atoms with Gasteiger partial charge in [-0.15, -0.1) is 0 Å². The number of nitrogens with two attached hydrogens (primary N) is 2. The number of nitrogens with zero attached hydrogens (tertiary/aromatic N) is 4. The standard InChI is InChI=1S/C11H19N6O11P3/c1-5-2-6(3-25-30(21,22)28-31(23,24)27-29(18,19)20)26-10(5)17-4-14-7-8(12)15-11(13)16-9(7)17/h4-6,10H,2-3H2,1H3,(H,21,22)(H,23,24)(H2,18,19,20)(H4,12,13,15,16)/t5-,6-,10+/m0/s1. The Balaban J connectivity index is 1.66. The maximum absolute atomic E-state index is 11.8. The zero-order valence-corrected chi connectivity index (χ0v) is 18.3. The van der Waals surface area contributed by atoms with Gasteiger partial charge in [-0.2, -0.15) is 18.6 Å². The highest BCUT2D eigenvalue weighted by Gasteiger charge is 2.42. The van der Waals surface area contributed by atoms with Gasteiger partial charge in [0.25, 0.3) is 0 Å². The highest BCUT2D eigenvalue weighted by Crippen LogP contribution is 2.66. The van der Waals surface area contributed by atoms with Gasteiger partial charge in [0, 0.05) is 5.92 Å². The third kappa shape index (κ3) is 6.06. The van der Waals surface area contributed by atoms with E-state index in [1.54, 1.807) is 4.57 Å². The third-order valence-electron chi connectivity index (χ3n) is 4.03. The molecule has 1 fully saturated rings. The molecule has 3 rings (SSSR count). The Morgan fingerprint density at radius 3 is 2.48 bits per heavy atom. The van der Waals surface area contributed by atoms with Crippen molar-refractivity contribution in [1.29, 1.82) is 0 Å². The predicted molar refractivity (Wildman–Crippen MR) is 102 cm³/mol. The van der Waals surface area contributed by atoms with Crippen molar-refractivity contribution < 1.29 is 51.2 Å². The molecule has 0 amide bonds. The molecule has 17 nitrogen and oxygen atoms in total. The van der Waals surface area contributed by atoms with Crippen LogP contribution in [0.25, 0.3) is 11.2 Å². The zero-order valence-electron chi connectivity index (χ0n) is 15.7. The van der Waals surface area contributed by atoms with E-state index in [1.165, 1.54) is 6.33 Å². The summed E-state index contributed by atoms with van der Waals surface area (Å²) >= 11 is 0. The van der Waals surface area contributed by atoms with Crippen LogP contribution in [-0.4, -0.2) is 51.8 Å². The molecule has 31 heavy (non-hydrogen) atoms. The second-order valence-corrected chi connectivity index (χ2v) is 11.0. The highest BCUT2D eigenvalue weighted by molar-refractivity contribution is 7.66. The number of nitrogen functional groups attached to an aromatic ring is 2. The lowest BCUT2D eigenvalue weighted by molar-refractivity contribution is -0.0290. The molecule has 1 saturated heterocycles. The topological polar surface area (TPSA) is 265 Å². The van der Waals surface area contributed by atoms with Gasteiger partial charge in [0.05, 0.1) is 19.0 Å². The molecule has 0 spiro atoms. The molecule has 2 unspecified atom stereocenters. The minimum absolute atomic E-state index is 0.0680. The summed E-state index contributed by atoms with van der Waals surface area (Å²) < 4.78 is 53.1. The normalized spacial score (nSPS) is 26.0. The molecule has 2 aromatic rings. The molecular weight excluding hydrogens is 485 g/mol. The lowest BCUT2D eigenvalue weighted by Crippen LogP contribution is -2.17. The van der Waals surface area contributed by atoms with Crippen molar-refractivity contribution in [2.24, 2.45) is 5.92 Å². The number of phosphoric acid groups is 3. The molecular formula is C11H19N6O11P3. The highest BCUT2D eigenvalue weighted by atomic mass is 31.3. The first-order valence-corrected chi connectivity index (χ1v) is 12.9. The van der Waals surface area contributed by atoms with Crippen LogP contribution in [-0.2, 0) is 31.6 Å². The molecule has 174 valence electrons. The van der Waals surface area contributed by atoms with E-state index in [0.29, 0.717) is 17.6 Å². The van der Waals surface area contributed by atoms with Crippen LogP contribution >= 0.6 is 23.5 Å². The molecule has 3 heterocycles. The Bertz CT molecular complexity index is 1120. The first kappa shape index (κ1) is 24.2. The summed E-state index contributed by atoms with van der Waals surface area (Å²) in [4.78, 5) is 47.8. The summed E-state index contributed by atoms with van der Waals surface area (Å²) in [6, 6.07) is 0. The van der Waals surface area contributed by atoms with E-state index >= 15 is 0 Å². The first-order chi connectivity index (χ1) is 14.2. The summed E-state index contributed by atoms with van der Waals surface area (Å²) in [5.41, 5.74) is 12.0. The van der Waals surface area contributed by atoms with E-state index in [-0.39, 0.29) is 17.7 Å². The summed E-state index contributed by atoms with van der Waals surface area (Å²) in [7, 11) is -16.3. The molecule has 8 N–H and O–H groups in total. The Morgan fingerprint density at radius 1 is 1.16 bits per heavy atom. The quantitative estimate of drug-likeness (QED) is 0.263. The molecule has 5 atom stereocenters. The summed E-state index contributed by atoms with van der Waals surface area (Å²) in [6.45, 7) is 1.26. The minimum Gasteiger partial charge on any atom is -0.382 e. The predicted octanol–water partition coefficient (Wildman–Crippen LogP) is 0.258. The minimum atomic E-state index is -5.59. The molecule has 0 aromatic carbocycles. The van der Waals surface area contributed by atoms with Crippen LogP contribution < -0.4 is 11.5 Å². The van der Waals surface area contributed by atoms with Crippen molar-refractivity contribution >= 4 is 46.4 Å². The van der Waals surface area contributed by atoms with Crippen LogP contribution in [0.1, 0.15) is 19.6 Å². The van der Waals surface area contributed by atoms with Crippen LogP contribution in [0.2, 0.25) is 0 Å². The zero-order chi connectivity index (χ0) is 23.2. The third-order valence-corrected chi connectivity index (χ3v) is 7.84. The van der Waals surface area contributed by atoms with Crippen molar-refractivity contribution in [2.45, 2.75) is 25.7 Å². The first-order valence-electron chi connectivity index (χ1n) is 8.35. The van der Waals surface area contributed by atoms with Crippen molar-refractivity contribution in [3.8, 4) is 0 Å². The van der Waals surface area contributed by atoms with Gasteiger partial charge in [-0.05, 0) is 6.42 Å². The Hall–Kier alpha value is -1.48. The lowest BCUT2D eigenvalue weighted by atomic mass is 10.1. The number of hydrogen-bond donors (Lipinski definition) is 6. The maximum Gasteiger partial charge on any atom is 0.490 e. The van der Waals surface area contributed by atoms with E-state index in [2.05, 4.69) is 28.1 Å². The molecule has 0 bridgehead atoms. The maximum atomic E-state index is 11.8. The summed E-state index contributed by atoms with van der Waals surface area (Å²) in [6.07, 6.45) is 0.351. The molecule has 1 aliphatic heterocycles. The fourth-order valence-electron chi connectivity index (χ4n) is 2.99. The van der Waals surface area contributed by atoms with Crippen LogP contribution in [0.4, 0.5) is 11.8 Å². The van der Waals surface area contributed by atoms with Gasteiger partial charge in [-0.3, -0.25) is 9.09 Å². The number of ether oxygens (including phenoxy) is 1. The molecule has 1 aliphatic rings. The van der Waals surface area contributed by atoms with Crippen molar-refractivity contribution in [1.82, 2.24) is 19.5 Å². The number of phosphoric ester groups is 1. The number of rotatable bonds is 8. The molecule has 0 radical (unpaired) electrons. The van der Waals surface area contributed by atoms with Gasteiger partial charge < -0.3 is 35.8 Å². The van der Waals surface area contributed by atoms with Crippen molar-refractivity contribution in [3.05, 3.63) is 6.33 Å². The number of hydrogen-bond acceptors (Lipinski definition) is 12. The van der Waals surface area contributed by atoms with Gasteiger partial charge in [0.1, 0.15) is 11.7 Å². The lowest BCUT2D eigenvalue weighted by Gasteiger charge is -2.19. The number of anilines is 2. The second-order valence-electron chi connectivity index (χ2n) is 6.54. The monoisotopic (exact) mass is 504 g/mol. The average Bonchev–Trinajstić information content (AvgIpc) is 3.12. The molecule has 20 heteroatoms. The van der Waals surface area contributed by atoms with Crippen LogP contribution in [0, 0.1) is 5.92 Å². The van der Waals surface area contributed by atoms with E-state index in [4.69, 9.17) is 30.9 Å². The molecule has 0 saturated carbocycles. The summed E-state index contributed by atoms with van der Waals surface area (Å²) in [5.74, 6) is -0.151. The Kier molecular flexibility index (Phi) is 6.60.